The second-order valence-corrected chi connectivity index (χ2v) is 8.87. The molecule has 4 rings (SSSR count). The maximum atomic E-state index is 13.5. The molecule has 35 heavy (non-hydrogen) atoms. The zero-order chi connectivity index (χ0) is 25.7. The van der Waals surface area contributed by atoms with Crippen LogP contribution in [-0.2, 0) is 11.0 Å². The number of nitrogens with zero attached hydrogens (tertiary/aromatic N) is 3. The molecule has 2 aliphatic heterocycles. The van der Waals surface area contributed by atoms with E-state index in [0.717, 1.165) is 17.0 Å². The third-order valence-corrected chi connectivity index (χ3v) is 6.20. The molecule has 2 aliphatic rings. The molecule has 0 bridgehead atoms. The minimum absolute atomic E-state index is 0.0253. The van der Waals surface area contributed by atoms with Crippen molar-refractivity contribution in [2.24, 2.45) is 0 Å². The zero-order valence-electron chi connectivity index (χ0n) is 18.5. The van der Waals surface area contributed by atoms with Crippen LogP contribution in [0.3, 0.4) is 0 Å². The van der Waals surface area contributed by atoms with Crippen LogP contribution in [0.4, 0.5) is 24.5 Å². The average Bonchev–Trinajstić information content (AvgIpc) is 3.00. The zero-order valence-corrected chi connectivity index (χ0v) is 19.4. The molecule has 2 N–H and O–H groups in total. The number of aliphatic hydroxyl groups excluding tert-OH is 2. The number of benzene rings is 2. The Labute approximate surface area is 203 Å². The number of rotatable bonds is 4. The summed E-state index contributed by atoms with van der Waals surface area (Å²) >= 11 is 5.53. The van der Waals surface area contributed by atoms with Gasteiger partial charge in [-0.15, -0.1) is 0 Å². The Balaban J connectivity index is 1.70. The lowest BCUT2D eigenvalue weighted by Crippen LogP contribution is -2.44. The van der Waals surface area contributed by atoms with Crippen LogP contribution in [-0.4, -0.2) is 52.2 Å². The summed E-state index contributed by atoms with van der Waals surface area (Å²) in [5.41, 5.74) is -2.66. The van der Waals surface area contributed by atoms with E-state index in [1.54, 1.807) is 32.0 Å². The van der Waals surface area contributed by atoms with E-state index >= 15 is 0 Å². The second kappa shape index (κ2) is 8.67. The van der Waals surface area contributed by atoms with E-state index in [0.29, 0.717) is 17.2 Å². The van der Waals surface area contributed by atoms with Gasteiger partial charge in [0.25, 0.3) is 5.91 Å². The van der Waals surface area contributed by atoms with Gasteiger partial charge in [-0.25, -0.2) is 0 Å². The Hall–Kier alpha value is -3.40. The van der Waals surface area contributed by atoms with Gasteiger partial charge in [-0.3, -0.25) is 9.69 Å². The molecule has 0 unspecified atom stereocenters. The number of thiocarbonyl (C=S) groups is 1. The highest BCUT2D eigenvalue weighted by molar-refractivity contribution is 7.81. The summed E-state index contributed by atoms with van der Waals surface area (Å²) in [5.74, 6) is 0.0676. The van der Waals surface area contributed by atoms with Gasteiger partial charge in [-0.2, -0.15) is 18.4 Å². The monoisotopic (exact) mass is 507 g/mol. The number of carbonyl (C=O) groups excluding carboxylic acids is 1. The van der Waals surface area contributed by atoms with E-state index in [1.165, 1.54) is 17.0 Å². The van der Waals surface area contributed by atoms with Crippen LogP contribution in [0.25, 0.3) is 0 Å². The number of ether oxygens (including phenoxy) is 2. The van der Waals surface area contributed by atoms with E-state index in [4.69, 9.17) is 32.1 Å². The first-order valence-corrected chi connectivity index (χ1v) is 10.8. The van der Waals surface area contributed by atoms with Crippen LogP contribution in [0.2, 0.25) is 0 Å². The summed E-state index contributed by atoms with van der Waals surface area (Å²) in [6, 6.07) is 9.22. The fourth-order valence-electron chi connectivity index (χ4n) is 3.98. The number of carbonyl (C=O) groups is 1. The van der Waals surface area contributed by atoms with Crippen molar-refractivity contribution in [1.29, 1.82) is 5.26 Å². The summed E-state index contributed by atoms with van der Waals surface area (Å²) in [6.07, 6.45) is -6.69. The van der Waals surface area contributed by atoms with Crippen molar-refractivity contribution in [2.75, 3.05) is 23.0 Å². The SMILES string of the molecule is CC1(C)C(=O)N(c2ccc(C#N)c(C(F)(F)F)c2)C(=S)N1c1ccc2c(c1)OC[C@H]([C@H](O)CO)O2. The van der Waals surface area contributed by atoms with Crippen LogP contribution in [0, 0.1) is 11.3 Å². The molecule has 2 atom stereocenters. The van der Waals surface area contributed by atoms with Gasteiger partial charge in [-0.05, 0) is 56.4 Å². The fraction of sp³-hybridized carbons (Fsp3) is 0.348. The lowest BCUT2D eigenvalue weighted by atomic mass is 10.0. The number of nitriles is 1. The first-order chi connectivity index (χ1) is 16.4. The maximum Gasteiger partial charge on any atom is 0.417 e. The lowest BCUT2D eigenvalue weighted by Gasteiger charge is -2.32. The number of amides is 1. The maximum absolute atomic E-state index is 13.5. The summed E-state index contributed by atoms with van der Waals surface area (Å²) < 4.78 is 51.8. The average molecular weight is 507 g/mol. The van der Waals surface area contributed by atoms with E-state index in [9.17, 15) is 23.1 Å². The van der Waals surface area contributed by atoms with Crippen LogP contribution in [0.1, 0.15) is 25.0 Å². The molecule has 0 spiro atoms. The molecule has 0 radical (unpaired) electrons. The Kier molecular flexibility index (Phi) is 6.12. The molecule has 184 valence electrons. The Bertz CT molecular complexity index is 1240. The van der Waals surface area contributed by atoms with E-state index in [-0.39, 0.29) is 17.4 Å². The first-order valence-electron chi connectivity index (χ1n) is 10.4. The number of hydrogen-bond acceptors (Lipinski definition) is 7. The van der Waals surface area contributed by atoms with Crippen LogP contribution < -0.4 is 19.3 Å². The Morgan fingerprint density at radius 1 is 1.23 bits per heavy atom. The summed E-state index contributed by atoms with van der Waals surface area (Å²) in [5, 5.41) is 27.9. The minimum Gasteiger partial charge on any atom is -0.486 e. The van der Waals surface area contributed by atoms with Gasteiger partial charge in [-0.1, -0.05) is 0 Å². The number of alkyl halides is 3. The van der Waals surface area contributed by atoms with Gasteiger partial charge in [0.05, 0.1) is 29.5 Å². The second-order valence-electron chi connectivity index (χ2n) is 8.51. The number of fused-ring (bicyclic) bond motifs is 1. The predicted molar refractivity (Wildman–Crippen MR) is 122 cm³/mol. The molecule has 0 aliphatic carbocycles. The molecule has 1 saturated heterocycles. The highest BCUT2D eigenvalue weighted by atomic mass is 32.1. The van der Waals surface area contributed by atoms with Gasteiger partial charge in [0.1, 0.15) is 18.2 Å². The largest absolute Gasteiger partial charge is 0.486 e. The van der Waals surface area contributed by atoms with Gasteiger partial charge in [0.15, 0.2) is 22.7 Å². The Morgan fingerprint density at radius 2 is 1.91 bits per heavy atom. The summed E-state index contributed by atoms with van der Waals surface area (Å²) in [6.45, 7) is 2.64. The van der Waals surface area contributed by atoms with Crippen molar-refractivity contribution < 1.29 is 37.7 Å². The smallest absolute Gasteiger partial charge is 0.417 e. The number of hydrogen-bond donors (Lipinski definition) is 2. The fourth-order valence-corrected chi connectivity index (χ4v) is 4.50. The topological polar surface area (TPSA) is 106 Å². The number of anilines is 2. The third-order valence-electron chi connectivity index (χ3n) is 5.84. The van der Waals surface area contributed by atoms with Crippen LogP contribution in [0.5, 0.6) is 11.5 Å². The summed E-state index contributed by atoms with van der Waals surface area (Å²) in [7, 11) is 0. The molecule has 0 aromatic heterocycles. The lowest BCUT2D eigenvalue weighted by molar-refractivity contribution is -0.137. The van der Waals surface area contributed by atoms with Crippen molar-refractivity contribution in [3.63, 3.8) is 0 Å². The standard InChI is InChI=1S/C23H20F3N3O5S/c1-22(2)20(32)28(13-4-3-12(9-27)15(7-13)23(24,25)26)21(35)29(22)14-5-6-17-18(8-14)33-11-19(34-17)16(31)10-30/h3-8,16,19,30-31H,10-11H2,1-2H3/t16-,19-/m1/s1. The van der Waals surface area contributed by atoms with E-state index < -0.39 is 47.6 Å². The number of aliphatic hydroxyl groups is 2. The van der Waals surface area contributed by atoms with Crippen molar-refractivity contribution in [3.05, 3.63) is 47.5 Å². The third kappa shape index (κ3) is 4.16. The van der Waals surface area contributed by atoms with Crippen molar-refractivity contribution in [3.8, 4) is 17.6 Å². The predicted octanol–water partition coefficient (Wildman–Crippen LogP) is 2.99. The van der Waals surface area contributed by atoms with Gasteiger partial charge < -0.3 is 24.6 Å². The molecular weight excluding hydrogens is 487 g/mol. The minimum atomic E-state index is -4.79. The highest BCUT2D eigenvalue weighted by Gasteiger charge is 2.51. The molecule has 0 saturated carbocycles. The van der Waals surface area contributed by atoms with Crippen LogP contribution in [0.15, 0.2) is 36.4 Å². The van der Waals surface area contributed by atoms with E-state index in [2.05, 4.69) is 0 Å². The number of halogens is 3. The normalized spacial score (nSPS) is 20.1. The van der Waals surface area contributed by atoms with Crippen molar-refractivity contribution in [2.45, 2.75) is 37.8 Å². The van der Waals surface area contributed by atoms with Gasteiger partial charge in [0, 0.05) is 11.8 Å². The van der Waals surface area contributed by atoms with Gasteiger partial charge >= 0.3 is 6.18 Å². The first kappa shape index (κ1) is 24.7. The molecule has 2 heterocycles. The van der Waals surface area contributed by atoms with Crippen LogP contribution >= 0.6 is 12.2 Å². The summed E-state index contributed by atoms with van der Waals surface area (Å²) in [4.78, 5) is 15.8. The molecule has 1 amide bonds. The van der Waals surface area contributed by atoms with E-state index in [1.807, 2.05) is 0 Å². The quantitative estimate of drug-likeness (QED) is 0.609. The molecule has 2 aromatic carbocycles. The molecule has 12 heteroatoms. The molecule has 1 fully saturated rings. The van der Waals surface area contributed by atoms with Gasteiger partial charge in [0.2, 0.25) is 0 Å². The highest BCUT2D eigenvalue weighted by Crippen LogP contribution is 2.42. The molecule has 8 nitrogen and oxygen atoms in total. The molecule has 2 aromatic rings. The van der Waals surface area contributed by atoms with Crippen molar-refractivity contribution in [1.82, 2.24) is 0 Å². The van der Waals surface area contributed by atoms with Crippen molar-refractivity contribution >= 4 is 34.6 Å². The molecular formula is C23H20F3N3O5S. The Morgan fingerprint density at radius 3 is 2.54 bits per heavy atom.